The van der Waals surface area contributed by atoms with Crippen LogP contribution in [0, 0.1) is 0 Å². The van der Waals surface area contributed by atoms with Gasteiger partial charge in [0.15, 0.2) is 11.5 Å². The number of nitrogens with one attached hydrogen (secondary N) is 1. The van der Waals surface area contributed by atoms with Gasteiger partial charge in [0, 0.05) is 25.2 Å². The van der Waals surface area contributed by atoms with E-state index in [0.717, 1.165) is 21.9 Å². The number of nitrogens with zero attached hydrogens (tertiary/aromatic N) is 2. The molecule has 0 saturated carbocycles. The summed E-state index contributed by atoms with van der Waals surface area (Å²) >= 11 is 0. The summed E-state index contributed by atoms with van der Waals surface area (Å²) < 4.78 is 5.24. The number of hydrogen-bond acceptors (Lipinski definition) is 4. The molecule has 0 bridgehead atoms. The number of carbonyl (C=O) groups is 2. The van der Waals surface area contributed by atoms with Crippen LogP contribution in [-0.2, 0) is 11.3 Å². The number of rotatable bonds is 6. The minimum atomic E-state index is -0.451. The Bertz CT molecular complexity index is 1180. The first-order valence-corrected chi connectivity index (χ1v) is 9.63. The van der Waals surface area contributed by atoms with Crippen molar-refractivity contribution in [1.82, 2.24) is 15.4 Å². The van der Waals surface area contributed by atoms with Crippen molar-refractivity contribution in [3.63, 3.8) is 0 Å². The Balaban J connectivity index is 1.36. The van der Waals surface area contributed by atoms with Crippen molar-refractivity contribution in [2.75, 3.05) is 13.6 Å². The quantitative estimate of drug-likeness (QED) is 0.534. The predicted molar refractivity (Wildman–Crippen MR) is 115 cm³/mol. The molecule has 3 aromatic carbocycles. The molecule has 4 aromatic rings. The maximum Gasteiger partial charge on any atom is 0.273 e. The van der Waals surface area contributed by atoms with Gasteiger partial charge in [0.2, 0.25) is 5.91 Å². The molecular weight excluding hydrogens is 378 g/mol. The fraction of sp³-hybridized carbons (Fsp3) is 0.125. The average Bonchev–Trinajstić information content (AvgIpc) is 3.28. The van der Waals surface area contributed by atoms with Gasteiger partial charge < -0.3 is 14.7 Å². The molecule has 4 rings (SSSR count). The lowest BCUT2D eigenvalue weighted by molar-refractivity contribution is -0.129. The number of hydrogen-bond donors (Lipinski definition) is 1. The van der Waals surface area contributed by atoms with Crippen molar-refractivity contribution in [1.29, 1.82) is 0 Å². The van der Waals surface area contributed by atoms with E-state index in [9.17, 15) is 9.59 Å². The van der Waals surface area contributed by atoms with E-state index < -0.39 is 5.91 Å². The van der Waals surface area contributed by atoms with Crippen molar-refractivity contribution in [2.24, 2.45) is 0 Å². The monoisotopic (exact) mass is 399 g/mol. The van der Waals surface area contributed by atoms with Gasteiger partial charge in [-0.15, -0.1) is 0 Å². The molecule has 1 heterocycles. The average molecular weight is 399 g/mol. The number of benzene rings is 3. The standard InChI is InChI=1S/C24H21N3O3/c1-27(16-19-12-7-11-17-8-5-6-13-20(17)19)23(28)15-25-24(29)21-14-22(30-26-21)18-9-3-2-4-10-18/h2-14H,15-16H2,1H3,(H,25,29). The first-order valence-electron chi connectivity index (χ1n) is 9.63. The molecule has 0 aliphatic rings. The van der Waals surface area contributed by atoms with Crippen LogP contribution in [0.1, 0.15) is 16.1 Å². The molecular formula is C24H21N3O3. The van der Waals surface area contributed by atoms with E-state index in [1.807, 2.05) is 72.8 Å². The highest BCUT2D eigenvalue weighted by atomic mass is 16.5. The zero-order valence-electron chi connectivity index (χ0n) is 16.5. The molecule has 0 spiro atoms. The maximum atomic E-state index is 12.5. The van der Waals surface area contributed by atoms with E-state index in [1.54, 1.807) is 18.0 Å². The second-order valence-electron chi connectivity index (χ2n) is 7.01. The molecule has 0 aliphatic heterocycles. The lowest BCUT2D eigenvalue weighted by Crippen LogP contribution is -2.37. The van der Waals surface area contributed by atoms with Gasteiger partial charge in [-0.05, 0) is 16.3 Å². The van der Waals surface area contributed by atoms with Crippen LogP contribution in [0.5, 0.6) is 0 Å². The van der Waals surface area contributed by atoms with E-state index in [-0.39, 0.29) is 18.1 Å². The van der Waals surface area contributed by atoms with Crippen molar-refractivity contribution in [3.8, 4) is 11.3 Å². The summed E-state index contributed by atoms with van der Waals surface area (Å²) in [6, 6.07) is 25.0. The van der Waals surface area contributed by atoms with E-state index in [2.05, 4.69) is 10.5 Å². The Kier molecular flexibility index (Phi) is 5.57. The predicted octanol–water partition coefficient (Wildman–Crippen LogP) is 3.88. The van der Waals surface area contributed by atoms with Crippen LogP contribution >= 0.6 is 0 Å². The molecule has 6 heteroatoms. The summed E-state index contributed by atoms with van der Waals surface area (Å²) in [5.41, 5.74) is 2.02. The van der Waals surface area contributed by atoms with Crippen LogP contribution in [0.4, 0.5) is 0 Å². The van der Waals surface area contributed by atoms with Gasteiger partial charge in [-0.2, -0.15) is 0 Å². The van der Waals surface area contributed by atoms with E-state index in [4.69, 9.17) is 4.52 Å². The lowest BCUT2D eigenvalue weighted by Gasteiger charge is -2.18. The molecule has 1 aromatic heterocycles. The Morgan fingerprint density at radius 3 is 2.53 bits per heavy atom. The summed E-state index contributed by atoms with van der Waals surface area (Å²) in [6.07, 6.45) is 0. The van der Waals surface area contributed by atoms with Crippen LogP contribution in [0.15, 0.2) is 83.4 Å². The fourth-order valence-electron chi connectivity index (χ4n) is 3.28. The summed E-state index contributed by atoms with van der Waals surface area (Å²) in [7, 11) is 1.72. The van der Waals surface area contributed by atoms with Crippen LogP contribution in [-0.4, -0.2) is 35.5 Å². The van der Waals surface area contributed by atoms with Crippen molar-refractivity contribution >= 4 is 22.6 Å². The third-order valence-corrected chi connectivity index (χ3v) is 4.91. The van der Waals surface area contributed by atoms with Gasteiger partial charge in [-0.1, -0.05) is 78.0 Å². The molecule has 0 fully saturated rings. The second kappa shape index (κ2) is 8.61. The number of likely N-dealkylation sites (N-methyl/N-ethyl adjacent to an activating group) is 1. The summed E-state index contributed by atoms with van der Waals surface area (Å²) in [5.74, 6) is -0.143. The van der Waals surface area contributed by atoms with E-state index >= 15 is 0 Å². The molecule has 150 valence electrons. The van der Waals surface area contributed by atoms with E-state index in [0.29, 0.717) is 12.3 Å². The van der Waals surface area contributed by atoms with Gasteiger partial charge in [-0.25, -0.2) is 0 Å². The first kappa shape index (κ1) is 19.4. The van der Waals surface area contributed by atoms with Crippen LogP contribution < -0.4 is 5.32 Å². The minimum absolute atomic E-state index is 0.117. The summed E-state index contributed by atoms with van der Waals surface area (Å²) in [6.45, 7) is 0.339. The van der Waals surface area contributed by atoms with Crippen molar-refractivity contribution < 1.29 is 14.1 Å². The Morgan fingerprint density at radius 1 is 0.967 bits per heavy atom. The van der Waals surface area contributed by atoms with Gasteiger partial charge in [-0.3, -0.25) is 9.59 Å². The molecule has 6 nitrogen and oxygen atoms in total. The highest BCUT2D eigenvalue weighted by Gasteiger charge is 2.16. The molecule has 0 radical (unpaired) electrons. The molecule has 0 aliphatic carbocycles. The minimum Gasteiger partial charge on any atom is -0.355 e. The fourth-order valence-corrected chi connectivity index (χ4v) is 3.28. The molecule has 0 atom stereocenters. The molecule has 30 heavy (non-hydrogen) atoms. The third kappa shape index (κ3) is 4.22. The number of aromatic nitrogens is 1. The highest BCUT2D eigenvalue weighted by molar-refractivity contribution is 5.95. The van der Waals surface area contributed by atoms with Crippen LogP contribution in [0.2, 0.25) is 0 Å². The van der Waals surface area contributed by atoms with Crippen LogP contribution in [0.25, 0.3) is 22.1 Å². The SMILES string of the molecule is CN(Cc1cccc2ccccc12)C(=O)CNC(=O)c1cc(-c2ccccc2)on1. The molecule has 0 saturated heterocycles. The normalized spacial score (nSPS) is 10.7. The zero-order chi connectivity index (χ0) is 20.9. The zero-order valence-corrected chi connectivity index (χ0v) is 16.5. The lowest BCUT2D eigenvalue weighted by atomic mass is 10.0. The number of carbonyl (C=O) groups excluding carboxylic acids is 2. The molecule has 2 amide bonds. The van der Waals surface area contributed by atoms with Gasteiger partial charge in [0.25, 0.3) is 5.91 Å². The smallest absolute Gasteiger partial charge is 0.273 e. The van der Waals surface area contributed by atoms with Crippen molar-refractivity contribution in [3.05, 3.63) is 90.1 Å². The van der Waals surface area contributed by atoms with Gasteiger partial charge in [0.05, 0.1) is 6.54 Å². The largest absolute Gasteiger partial charge is 0.355 e. The van der Waals surface area contributed by atoms with Crippen LogP contribution in [0.3, 0.4) is 0 Å². The van der Waals surface area contributed by atoms with Crippen molar-refractivity contribution in [2.45, 2.75) is 6.54 Å². The Labute approximate surface area is 174 Å². The number of amides is 2. The Hall–Kier alpha value is -3.93. The molecule has 0 unspecified atom stereocenters. The third-order valence-electron chi connectivity index (χ3n) is 4.91. The first-order chi connectivity index (χ1) is 14.6. The molecule has 1 N–H and O–H groups in total. The summed E-state index contributed by atoms with van der Waals surface area (Å²) in [5, 5.41) is 8.66. The highest BCUT2D eigenvalue weighted by Crippen LogP contribution is 2.20. The Morgan fingerprint density at radius 2 is 1.70 bits per heavy atom. The van der Waals surface area contributed by atoms with Gasteiger partial charge >= 0.3 is 0 Å². The maximum absolute atomic E-state index is 12.5. The second-order valence-corrected chi connectivity index (χ2v) is 7.01. The van der Waals surface area contributed by atoms with E-state index in [1.165, 1.54) is 0 Å². The topological polar surface area (TPSA) is 75.4 Å². The van der Waals surface area contributed by atoms with Gasteiger partial charge in [0.1, 0.15) is 0 Å². The summed E-state index contributed by atoms with van der Waals surface area (Å²) in [4.78, 5) is 26.5. The number of fused-ring (bicyclic) bond motifs is 1.